The minimum Gasteiger partial charge on any atom is -0.454 e. The zero-order valence-electron chi connectivity index (χ0n) is 14.9. The molecule has 0 spiro atoms. The first-order chi connectivity index (χ1) is 13.2. The van der Waals surface area contributed by atoms with Gasteiger partial charge in [0.05, 0.1) is 11.0 Å². The van der Waals surface area contributed by atoms with Gasteiger partial charge in [-0.2, -0.15) is 0 Å². The molecule has 27 heavy (non-hydrogen) atoms. The van der Waals surface area contributed by atoms with E-state index in [4.69, 9.17) is 19.4 Å². The van der Waals surface area contributed by atoms with Gasteiger partial charge in [0.1, 0.15) is 0 Å². The third kappa shape index (κ3) is 2.63. The van der Waals surface area contributed by atoms with Gasteiger partial charge in [0, 0.05) is 25.7 Å². The summed E-state index contributed by atoms with van der Waals surface area (Å²) in [5.74, 6) is 2.46. The van der Waals surface area contributed by atoms with E-state index >= 15 is 0 Å². The van der Waals surface area contributed by atoms with Crippen molar-refractivity contribution in [3.8, 4) is 11.5 Å². The van der Waals surface area contributed by atoms with E-state index < -0.39 is 0 Å². The minimum atomic E-state index is -0.116. The highest BCUT2D eigenvalue weighted by Gasteiger charge is 2.28. The van der Waals surface area contributed by atoms with Crippen LogP contribution in [0, 0.1) is 0 Å². The van der Waals surface area contributed by atoms with Gasteiger partial charge >= 0.3 is 0 Å². The Bertz CT molecular complexity index is 1050. The number of carbonyl (C=O) groups is 1. The lowest BCUT2D eigenvalue weighted by Crippen LogP contribution is -2.32. The Hall–Kier alpha value is -3.35. The summed E-state index contributed by atoms with van der Waals surface area (Å²) in [6.45, 7) is 1.57. The number of rotatable bonds is 1. The van der Waals surface area contributed by atoms with Crippen LogP contribution in [0.25, 0.3) is 11.0 Å². The van der Waals surface area contributed by atoms with E-state index in [2.05, 4.69) is 4.90 Å². The molecule has 136 valence electrons. The molecule has 5 rings (SSSR count). The summed E-state index contributed by atoms with van der Waals surface area (Å²) in [5.41, 5.74) is 2.14. The molecule has 0 radical (unpaired) electrons. The summed E-state index contributed by atoms with van der Waals surface area (Å²) in [7, 11) is 1.98. The fourth-order valence-electron chi connectivity index (χ4n) is 3.48. The topological polar surface area (TPSA) is 67.8 Å². The Balaban J connectivity index is 1.61. The Morgan fingerprint density at radius 1 is 0.963 bits per heavy atom. The van der Waals surface area contributed by atoms with Crippen molar-refractivity contribution >= 4 is 28.6 Å². The highest BCUT2D eigenvalue weighted by molar-refractivity contribution is 6.07. The fourth-order valence-corrected chi connectivity index (χ4v) is 3.48. The molecule has 0 unspecified atom stereocenters. The number of para-hydroxylation sites is 2. The number of aromatic nitrogens is 2. The van der Waals surface area contributed by atoms with Gasteiger partial charge < -0.3 is 14.4 Å². The van der Waals surface area contributed by atoms with Crippen molar-refractivity contribution in [2.75, 3.05) is 36.7 Å². The van der Waals surface area contributed by atoms with Gasteiger partial charge in [-0.15, -0.1) is 0 Å². The average Bonchev–Trinajstić information content (AvgIpc) is 3.11. The van der Waals surface area contributed by atoms with E-state index in [1.165, 1.54) is 0 Å². The maximum Gasteiger partial charge on any atom is 0.259 e. The lowest BCUT2D eigenvalue weighted by Gasteiger charge is -2.23. The number of ether oxygens (including phenoxy) is 2. The highest BCUT2D eigenvalue weighted by atomic mass is 16.7. The van der Waals surface area contributed by atoms with E-state index in [1.807, 2.05) is 31.3 Å². The Morgan fingerprint density at radius 3 is 2.52 bits per heavy atom. The molecule has 0 N–H and O–H groups in total. The molecule has 7 heteroatoms. The number of carbonyl (C=O) groups excluding carboxylic acids is 1. The van der Waals surface area contributed by atoms with Crippen LogP contribution in [0.2, 0.25) is 0 Å². The highest BCUT2D eigenvalue weighted by Crippen LogP contribution is 2.35. The molecule has 0 atom stereocenters. The molecule has 3 aromatic rings. The van der Waals surface area contributed by atoms with Gasteiger partial charge in [-0.1, -0.05) is 12.1 Å². The third-order valence-electron chi connectivity index (χ3n) is 4.89. The molecular formula is C20H18N4O3. The van der Waals surface area contributed by atoms with Crippen LogP contribution < -0.4 is 19.3 Å². The number of amides is 1. The molecule has 0 saturated carbocycles. The second-order valence-corrected chi connectivity index (χ2v) is 6.66. The number of anilines is 2. The van der Waals surface area contributed by atoms with E-state index in [1.54, 1.807) is 23.1 Å². The van der Waals surface area contributed by atoms with Crippen molar-refractivity contribution in [1.82, 2.24) is 9.97 Å². The number of fused-ring (bicyclic) bond motifs is 3. The van der Waals surface area contributed by atoms with Crippen molar-refractivity contribution in [3.63, 3.8) is 0 Å². The average molecular weight is 362 g/mol. The number of hydrogen-bond donors (Lipinski definition) is 0. The summed E-state index contributed by atoms with van der Waals surface area (Å²) in [6, 6.07) is 13.0. The monoisotopic (exact) mass is 362 g/mol. The molecule has 0 aliphatic carbocycles. The largest absolute Gasteiger partial charge is 0.454 e. The standard InChI is InChI=1S/C20H18N4O3/c1-23-9-4-10-24(19-18(23)21-14-5-2-3-6-15(14)22-19)20(25)13-7-8-16-17(11-13)27-12-26-16/h2-3,5-8,11H,4,9-10,12H2,1H3. The fraction of sp³-hybridized carbons (Fsp3) is 0.250. The Labute approximate surface area is 156 Å². The zero-order valence-corrected chi connectivity index (χ0v) is 14.9. The second kappa shape index (κ2) is 6.12. The van der Waals surface area contributed by atoms with E-state index in [0.29, 0.717) is 29.4 Å². The molecular weight excluding hydrogens is 344 g/mol. The van der Waals surface area contributed by atoms with Crippen molar-refractivity contribution in [3.05, 3.63) is 48.0 Å². The maximum absolute atomic E-state index is 13.3. The normalized spacial score (nSPS) is 15.6. The van der Waals surface area contributed by atoms with Crippen LogP contribution in [0.3, 0.4) is 0 Å². The smallest absolute Gasteiger partial charge is 0.259 e. The molecule has 0 fully saturated rings. The molecule has 3 heterocycles. The van der Waals surface area contributed by atoms with Crippen molar-refractivity contribution in [2.45, 2.75) is 6.42 Å². The Kier molecular flexibility index (Phi) is 3.60. The van der Waals surface area contributed by atoms with Crippen molar-refractivity contribution in [2.24, 2.45) is 0 Å². The van der Waals surface area contributed by atoms with Gasteiger partial charge in [0.15, 0.2) is 23.1 Å². The van der Waals surface area contributed by atoms with Crippen LogP contribution in [0.4, 0.5) is 11.6 Å². The SMILES string of the molecule is CN1CCCN(C(=O)c2ccc3c(c2)OCO3)c2nc3ccccc3nc21. The van der Waals surface area contributed by atoms with Crippen LogP contribution in [-0.2, 0) is 0 Å². The second-order valence-electron chi connectivity index (χ2n) is 6.66. The molecule has 0 bridgehead atoms. The first-order valence-electron chi connectivity index (χ1n) is 8.90. The van der Waals surface area contributed by atoms with Crippen LogP contribution in [0.15, 0.2) is 42.5 Å². The van der Waals surface area contributed by atoms with Crippen LogP contribution in [0.5, 0.6) is 11.5 Å². The van der Waals surface area contributed by atoms with Crippen molar-refractivity contribution in [1.29, 1.82) is 0 Å². The number of hydrogen-bond acceptors (Lipinski definition) is 6. The quantitative estimate of drug-likeness (QED) is 0.663. The summed E-state index contributed by atoms with van der Waals surface area (Å²) < 4.78 is 10.8. The first kappa shape index (κ1) is 15.9. The summed E-state index contributed by atoms with van der Waals surface area (Å²) in [5, 5.41) is 0. The van der Waals surface area contributed by atoms with Gasteiger partial charge in [-0.3, -0.25) is 9.69 Å². The Morgan fingerprint density at radius 2 is 1.70 bits per heavy atom. The minimum absolute atomic E-state index is 0.116. The number of nitrogens with zero attached hydrogens (tertiary/aromatic N) is 4. The van der Waals surface area contributed by atoms with Crippen LogP contribution in [-0.4, -0.2) is 42.8 Å². The lowest BCUT2D eigenvalue weighted by atomic mass is 10.1. The first-order valence-corrected chi connectivity index (χ1v) is 8.90. The molecule has 2 aliphatic heterocycles. The molecule has 0 saturated heterocycles. The summed E-state index contributed by atoms with van der Waals surface area (Å²) in [6.07, 6.45) is 0.835. The lowest BCUT2D eigenvalue weighted by molar-refractivity contribution is 0.0986. The summed E-state index contributed by atoms with van der Waals surface area (Å²) in [4.78, 5) is 26.6. The van der Waals surface area contributed by atoms with E-state index in [-0.39, 0.29) is 12.7 Å². The van der Waals surface area contributed by atoms with Gasteiger partial charge in [0.25, 0.3) is 5.91 Å². The van der Waals surface area contributed by atoms with Gasteiger partial charge in [0.2, 0.25) is 6.79 Å². The molecule has 1 aromatic heterocycles. The van der Waals surface area contributed by atoms with E-state index in [0.717, 1.165) is 29.8 Å². The van der Waals surface area contributed by atoms with E-state index in [9.17, 15) is 4.79 Å². The predicted molar refractivity (Wildman–Crippen MR) is 102 cm³/mol. The predicted octanol–water partition coefficient (Wildman–Crippen LogP) is 2.85. The van der Waals surface area contributed by atoms with Gasteiger partial charge in [-0.25, -0.2) is 9.97 Å². The molecule has 2 aromatic carbocycles. The zero-order chi connectivity index (χ0) is 18.4. The van der Waals surface area contributed by atoms with Gasteiger partial charge in [-0.05, 0) is 36.8 Å². The summed E-state index contributed by atoms with van der Waals surface area (Å²) >= 11 is 0. The molecule has 2 aliphatic rings. The number of benzene rings is 2. The third-order valence-corrected chi connectivity index (χ3v) is 4.89. The maximum atomic E-state index is 13.3. The molecule has 7 nitrogen and oxygen atoms in total. The van der Waals surface area contributed by atoms with Crippen LogP contribution >= 0.6 is 0 Å². The van der Waals surface area contributed by atoms with Crippen molar-refractivity contribution < 1.29 is 14.3 Å². The van der Waals surface area contributed by atoms with Crippen LogP contribution in [0.1, 0.15) is 16.8 Å². The molecule has 1 amide bonds.